The minimum Gasteiger partial charge on any atom is -0.325 e. The quantitative estimate of drug-likeness (QED) is 0.237. The Balaban J connectivity index is 1.65. The fourth-order valence-electron chi connectivity index (χ4n) is 3.01. The smallest absolute Gasteiger partial charge is 0.273 e. The first-order valence-electron chi connectivity index (χ1n) is 9.21. The van der Waals surface area contributed by atoms with E-state index < -0.39 is 0 Å². The number of aromatic nitrogens is 3. The summed E-state index contributed by atoms with van der Waals surface area (Å²) < 4.78 is 4.19. The molecule has 6 nitrogen and oxygen atoms in total. The van der Waals surface area contributed by atoms with Crippen molar-refractivity contribution in [3.05, 3.63) is 73.4 Å². The molecule has 1 amide bonds. The summed E-state index contributed by atoms with van der Waals surface area (Å²) >= 11 is 13.9. The van der Waals surface area contributed by atoms with E-state index in [9.17, 15) is 9.59 Å². The van der Waals surface area contributed by atoms with Gasteiger partial charge in [0.2, 0.25) is 5.91 Å². The Kier molecular flexibility index (Phi) is 6.29. The molecule has 0 aliphatic rings. The SMILES string of the molecule is Cc1cccc(NC(=O)CSc2nc3c(sc(=S)n3-c3ccc(Cl)cc3)c(=O)n2C)c1. The number of halogens is 1. The Hall–Kier alpha value is -2.46. The van der Waals surface area contributed by atoms with Gasteiger partial charge in [0.1, 0.15) is 4.70 Å². The van der Waals surface area contributed by atoms with Crippen molar-refractivity contribution in [1.29, 1.82) is 0 Å². The Morgan fingerprint density at radius 1 is 1.26 bits per heavy atom. The van der Waals surface area contributed by atoms with Crippen LogP contribution in [0, 0.1) is 10.9 Å². The van der Waals surface area contributed by atoms with Crippen LogP contribution in [0.3, 0.4) is 0 Å². The Morgan fingerprint density at radius 3 is 2.71 bits per heavy atom. The van der Waals surface area contributed by atoms with E-state index in [-0.39, 0.29) is 17.2 Å². The number of nitrogens with one attached hydrogen (secondary N) is 1. The van der Waals surface area contributed by atoms with Crippen molar-refractivity contribution in [2.24, 2.45) is 7.05 Å². The lowest BCUT2D eigenvalue weighted by molar-refractivity contribution is -0.113. The van der Waals surface area contributed by atoms with Crippen LogP contribution in [0.4, 0.5) is 5.69 Å². The fraction of sp³-hybridized carbons (Fsp3) is 0.143. The van der Waals surface area contributed by atoms with E-state index in [1.807, 2.05) is 43.3 Å². The predicted molar refractivity (Wildman–Crippen MR) is 131 cm³/mol. The first-order chi connectivity index (χ1) is 14.8. The summed E-state index contributed by atoms with van der Waals surface area (Å²) in [6.45, 7) is 1.96. The van der Waals surface area contributed by atoms with Crippen molar-refractivity contribution >= 4 is 68.9 Å². The lowest BCUT2D eigenvalue weighted by atomic mass is 10.2. The number of anilines is 1. The molecule has 0 radical (unpaired) electrons. The van der Waals surface area contributed by atoms with Gasteiger partial charge in [-0.2, -0.15) is 0 Å². The van der Waals surface area contributed by atoms with Crippen LogP contribution in [0.2, 0.25) is 5.02 Å². The third kappa shape index (κ3) is 4.59. The van der Waals surface area contributed by atoms with Crippen LogP contribution in [-0.2, 0) is 11.8 Å². The summed E-state index contributed by atoms with van der Waals surface area (Å²) in [6.07, 6.45) is 0. The third-order valence-corrected chi connectivity index (χ3v) is 7.13. The van der Waals surface area contributed by atoms with Crippen molar-refractivity contribution in [2.45, 2.75) is 12.1 Å². The van der Waals surface area contributed by atoms with Crippen LogP contribution in [0.25, 0.3) is 16.0 Å². The first kappa shape index (κ1) is 21.8. The zero-order valence-corrected chi connectivity index (χ0v) is 19.8. The number of amides is 1. The average molecular weight is 489 g/mol. The second-order valence-electron chi connectivity index (χ2n) is 6.80. The number of carbonyl (C=O) groups excluding carboxylic acids is 1. The van der Waals surface area contributed by atoms with Gasteiger partial charge in [0.15, 0.2) is 14.8 Å². The van der Waals surface area contributed by atoms with E-state index >= 15 is 0 Å². The zero-order chi connectivity index (χ0) is 22.1. The maximum absolute atomic E-state index is 12.9. The minimum atomic E-state index is -0.199. The number of thioether (sulfide) groups is 1. The lowest BCUT2D eigenvalue weighted by Gasteiger charge is -2.10. The van der Waals surface area contributed by atoms with Crippen LogP contribution in [0.5, 0.6) is 0 Å². The summed E-state index contributed by atoms with van der Waals surface area (Å²) in [7, 11) is 1.64. The molecule has 0 atom stereocenters. The zero-order valence-electron chi connectivity index (χ0n) is 16.6. The van der Waals surface area contributed by atoms with Crippen LogP contribution in [0.1, 0.15) is 5.56 Å². The summed E-state index contributed by atoms with van der Waals surface area (Å²) in [6, 6.07) is 14.7. The van der Waals surface area contributed by atoms with Crippen LogP contribution < -0.4 is 10.9 Å². The molecule has 2 aromatic carbocycles. The number of fused-ring (bicyclic) bond motifs is 1. The molecule has 31 heavy (non-hydrogen) atoms. The second kappa shape index (κ2) is 8.96. The lowest BCUT2D eigenvalue weighted by Crippen LogP contribution is -2.21. The van der Waals surface area contributed by atoms with Gasteiger partial charge in [0.25, 0.3) is 5.56 Å². The number of rotatable bonds is 5. The number of nitrogens with zero attached hydrogens (tertiary/aromatic N) is 3. The molecule has 10 heteroatoms. The van der Waals surface area contributed by atoms with Crippen LogP contribution in [-0.4, -0.2) is 25.8 Å². The Labute approximate surface area is 196 Å². The van der Waals surface area contributed by atoms with Crippen molar-refractivity contribution in [1.82, 2.24) is 14.1 Å². The number of hydrogen-bond donors (Lipinski definition) is 1. The Morgan fingerprint density at radius 2 is 2.00 bits per heavy atom. The largest absolute Gasteiger partial charge is 0.325 e. The van der Waals surface area contributed by atoms with Crippen LogP contribution in [0.15, 0.2) is 58.5 Å². The number of aryl methyl sites for hydroxylation is 1. The standard InChI is InChI=1S/C21H17ClN4O2S3/c1-12-4-3-5-14(10-12)23-16(27)11-30-20-24-18-17(19(28)25(20)2)31-21(29)26(18)15-8-6-13(22)7-9-15/h3-10H,11H2,1-2H3,(H,23,27). The third-order valence-electron chi connectivity index (χ3n) is 4.49. The topological polar surface area (TPSA) is 68.9 Å². The van der Waals surface area contributed by atoms with Crippen molar-refractivity contribution in [2.75, 3.05) is 11.1 Å². The highest BCUT2D eigenvalue weighted by molar-refractivity contribution is 7.99. The van der Waals surface area contributed by atoms with E-state index in [1.54, 1.807) is 23.7 Å². The molecular formula is C21H17ClN4O2S3. The van der Waals surface area contributed by atoms with Crippen molar-refractivity contribution in [3.63, 3.8) is 0 Å². The maximum atomic E-state index is 12.9. The molecule has 0 unspecified atom stereocenters. The van der Waals surface area contributed by atoms with Crippen molar-refractivity contribution < 1.29 is 4.79 Å². The highest BCUT2D eigenvalue weighted by atomic mass is 35.5. The molecule has 0 saturated heterocycles. The molecule has 0 aliphatic heterocycles. The molecular weight excluding hydrogens is 472 g/mol. The fourth-order valence-corrected chi connectivity index (χ4v) is 5.25. The molecule has 2 heterocycles. The van der Waals surface area contributed by atoms with Gasteiger partial charge in [-0.3, -0.25) is 18.7 Å². The van der Waals surface area contributed by atoms with Crippen molar-refractivity contribution in [3.8, 4) is 5.69 Å². The summed E-state index contributed by atoms with van der Waals surface area (Å²) in [4.78, 5) is 30.0. The number of thiazole rings is 1. The number of carbonyl (C=O) groups is 1. The van der Waals surface area contributed by atoms with E-state index in [1.165, 1.54) is 27.7 Å². The summed E-state index contributed by atoms with van der Waals surface area (Å²) in [5, 5.41) is 3.91. The summed E-state index contributed by atoms with van der Waals surface area (Å²) in [5.74, 6) is -0.0595. The molecule has 0 aliphatic carbocycles. The average Bonchev–Trinajstić information content (AvgIpc) is 3.06. The van der Waals surface area contributed by atoms with Gasteiger partial charge in [-0.05, 0) is 61.1 Å². The highest BCUT2D eigenvalue weighted by Crippen LogP contribution is 2.26. The molecule has 2 aromatic heterocycles. The maximum Gasteiger partial charge on any atom is 0.273 e. The van der Waals surface area contributed by atoms with E-state index in [4.69, 9.17) is 23.8 Å². The van der Waals surface area contributed by atoms with Gasteiger partial charge in [-0.25, -0.2) is 4.98 Å². The molecule has 0 bridgehead atoms. The first-order valence-corrected chi connectivity index (χ1v) is 11.8. The molecule has 1 N–H and O–H groups in total. The second-order valence-corrected chi connectivity index (χ2v) is 9.82. The summed E-state index contributed by atoms with van der Waals surface area (Å²) in [5.41, 5.74) is 2.84. The van der Waals surface area contributed by atoms with Gasteiger partial charge < -0.3 is 5.32 Å². The van der Waals surface area contributed by atoms with Gasteiger partial charge in [-0.15, -0.1) is 0 Å². The molecule has 4 aromatic rings. The van der Waals surface area contributed by atoms with Gasteiger partial charge in [-0.1, -0.05) is 46.8 Å². The molecule has 158 valence electrons. The van der Waals surface area contributed by atoms with Gasteiger partial charge in [0, 0.05) is 23.4 Å². The van der Waals surface area contributed by atoms with E-state index in [0.717, 1.165) is 16.9 Å². The van der Waals surface area contributed by atoms with Crippen LogP contribution >= 0.6 is 46.9 Å². The normalized spacial score (nSPS) is 11.1. The van der Waals surface area contributed by atoms with E-state index in [0.29, 0.717) is 24.5 Å². The highest BCUT2D eigenvalue weighted by Gasteiger charge is 2.17. The number of hydrogen-bond acceptors (Lipinski definition) is 6. The monoisotopic (exact) mass is 488 g/mol. The molecule has 4 rings (SSSR count). The van der Waals surface area contributed by atoms with Gasteiger partial charge in [0.05, 0.1) is 5.75 Å². The molecule has 0 fully saturated rings. The predicted octanol–water partition coefficient (Wildman–Crippen LogP) is 5.21. The van der Waals surface area contributed by atoms with E-state index in [2.05, 4.69) is 10.3 Å². The Bertz CT molecular complexity index is 1410. The molecule has 0 saturated carbocycles. The molecule has 0 spiro atoms. The minimum absolute atomic E-state index is 0.117. The van der Waals surface area contributed by atoms with Gasteiger partial charge >= 0.3 is 0 Å². The number of benzene rings is 2.